The molecule has 4 aliphatic rings. The maximum atomic E-state index is 12.1. The van der Waals surface area contributed by atoms with E-state index in [2.05, 4.69) is 56.6 Å². The molecule has 3 fully saturated rings. The number of hydrogen-bond donors (Lipinski definition) is 0. The van der Waals surface area contributed by atoms with Crippen molar-refractivity contribution in [2.24, 2.45) is 46.3 Å². The fraction of sp³-hybridized carbons (Fsp3) is 0.900. The van der Waals surface area contributed by atoms with Gasteiger partial charge in [-0.05, 0) is 98.2 Å². The van der Waals surface area contributed by atoms with E-state index in [1.54, 1.807) is 5.57 Å². The molecule has 0 aromatic carbocycles. The lowest BCUT2D eigenvalue weighted by molar-refractivity contribution is -0.150. The number of hydrogen-bond acceptors (Lipinski definition) is 2. The molecule has 0 radical (unpaired) electrons. The minimum absolute atomic E-state index is 0.0739. The monoisotopic (exact) mass is 520 g/mol. The summed E-state index contributed by atoms with van der Waals surface area (Å²) in [7, 11) is 0. The molecular weight excluding hydrogens is 472 g/mol. The molecule has 188 valence electrons. The lowest BCUT2D eigenvalue weighted by atomic mass is 9.47. The molecule has 3 heteroatoms. The molecule has 0 saturated heterocycles. The molecule has 0 spiro atoms. The van der Waals surface area contributed by atoms with Crippen molar-refractivity contribution < 1.29 is 9.53 Å². The van der Waals surface area contributed by atoms with Gasteiger partial charge in [0, 0.05) is 6.42 Å². The summed E-state index contributed by atoms with van der Waals surface area (Å²) in [6, 6.07) is 0. The highest BCUT2D eigenvalue weighted by Gasteiger charge is 2.59. The molecule has 4 aliphatic carbocycles. The van der Waals surface area contributed by atoms with Gasteiger partial charge in [-0.3, -0.25) is 4.79 Å². The van der Waals surface area contributed by atoms with Gasteiger partial charge in [0.1, 0.15) is 10.9 Å². The highest BCUT2D eigenvalue weighted by atomic mass is 79.9. The van der Waals surface area contributed by atoms with Gasteiger partial charge in [0.25, 0.3) is 0 Å². The normalized spacial score (nSPS) is 42.1. The number of ether oxygens (including phenoxy) is 1. The number of alkyl halides is 1. The van der Waals surface area contributed by atoms with Crippen molar-refractivity contribution >= 4 is 21.9 Å². The Labute approximate surface area is 212 Å². The maximum Gasteiger partial charge on any atom is 0.319 e. The van der Waals surface area contributed by atoms with Crippen molar-refractivity contribution in [1.82, 2.24) is 0 Å². The summed E-state index contributed by atoms with van der Waals surface area (Å²) in [5.74, 6) is 5.14. The molecule has 3 saturated carbocycles. The number of carbonyl (C=O) groups is 1. The van der Waals surface area contributed by atoms with Crippen molar-refractivity contribution in [2.45, 2.75) is 123 Å². The summed E-state index contributed by atoms with van der Waals surface area (Å²) in [5.41, 5.74) is 2.49. The van der Waals surface area contributed by atoms with Gasteiger partial charge >= 0.3 is 5.97 Å². The van der Waals surface area contributed by atoms with Gasteiger partial charge in [-0.1, -0.05) is 81.5 Å². The van der Waals surface area contributed by atoms with E-state index in [0.717, 1.165) is 48.3 Å². The second kappa shape index (κ2) is 9.98. The third kappa shape index (κ3) is 4.88. The lowest BCUT2D eigenvalue weighted by Crippen LogP contribution is -2.51. The molecule has 33 heavy (non-hydrogen) atoms. The molecule has 0 amide bonds. The zero-order chi connectivity index (χ0) is 24.0. The first kappa shape index (κ1) is 25.8. The summed E-state index contributed by atoms with van der Waals surface area (Å²) in [6.45, 7) is 14.4. The van der Waals surface area contributed by atoms with Gasteiger partial charge in [-0.15, -0.1) is 0 Å². The fourth-order valence-corrected chi connectivity index (χ4v) is 9.12. The van der Waals surface area contributed by atoms with Crippen molar-refractivity contribution in [3.8, 4) is 0 Å². The number of allylic oxidation sites excluding steroid dienone is 1. The Kier molecular flexibility index (Phi) is 7.79. The first-order valence-electron chi connectivity index (χ1n) is 14.1. The average molecular weight is 522 g/mol. The van der Waals surface area contributed by atoms with Gasteiger partial charge < -0.3 is 4.74 Å². The first-order chi connectivity index (χ1) is 15.6. The second-order valence-electron chi connectivity index (χ2n) is 13.2. The van der Waals surface area contributed by atoms with Crippen LogP contribution in [0.2, 0.25) is 0 Å². The van der Waals surface area contributed by atoms with Crippen molar-refractivity contribution in [2.75, 3.05) is 0 Å². The molecule has 0 aromatic heterocycles. The molecule has 2 nitrogen and oxygen atoms in total. The van der Waals surface area contributed by atoms with Crippen LogP contribution in [0.25, 0.3) is 0 Å². The standard InChI is InChI=1S/C30H49BrO2/c1-19(2)8-7-9-20(3)25-12-13-26-24-11-10-22-18-23(33-28(32)21(4)31)14-16-29(22,5)27(24)15-17-30(25,26)6/h10,19-21,23-27H,7-9,11-18H2,1-6H3/t20-,21-,23+,24-,25-,26+,27+,29+,30-/m1/s1. The van der Waals surface area contributed by atoms with Crippen molar-refractivity contribution in [1.29, 1.82) is 0 Å². The molecule has 0 aliphatic heterocycles. The van der Waals surface area contributed by atoms with Crippen LogP contribution in [0, 0.1) is 46.3 Å². The van der Waals surface area contributed by atoms with Crippen LogP contribution in [0.4, 0.5) is 0 Å². The number of carbonyl (C=O) groups excluding carboxylic acids is 1. The number of fused-ring (bicyclic) bond motifs is 5. The van der Waals surface area contributed by atoms with Crippen LogP contribution >= 0.6 is 15.9 Å². The third-order valence-electron chi connectivity index (χ3n) is 10.9. The largest absolute Gasteiger partial charge is 0.461 e. The Morgan fingerprint density at radius 1 is 1.06 bits per heavy atom. The molecule has 0 N–H and O–H groups in total. The third-order valence-corrected chi connectivity index (χ3v) is 11.2. The van der Waals surface area contributed by atoms with E-state index in [-0.39, 0.29) is 16.9 Å². The van der Waals surface area contributed by atoms with E-state index in [1.165, 1.54) is 57.8 Å². The zero-order valence-electron chi connectivity index (χ0n) is 22.2. The molecule has 9 atom stereocenters. The topological polar surface area (TPSA) is 26.3 Å². The summed E-state index contributed by atoms with van der Waals surface area (Å²) in [4.78, 5) is 11.9. The number of rotatable bonds is 7. The van der Waals surface area contributed by atoms with Gasteiger partial charge in [-0.25, -0.2) is 0 Å². The Hall–Kier alpha value is -0.310. The Balaban J connectivity index is 1.45. The summed E-state index contributed by atoms with van der Waals surface area (Å²) in [6.07, 6.45) is 17.1. The predicted octanol–water partition coefficient (Wildman–Crippen LogP) is 8.72. The summed E-state index contributed by atoms with van der Waals surface area (Å²) in [5, 5.41) is 0. The minimum atomic E-state index is -0.213. The molecule has 4 rings (SSSR count). The van der Waals surface area contributed by atoms with Gasteiger partial charge in [-0.2, -0.15) is 0 Å². The highest BCUT2D eigenvalue weighted by molar-refractivity contribution is 9.10. The summed E-state index contributed by atoms with van der Waals surface area (Å²) >= 11 is 3.37. The minimum Gasteiger partial charge on any atom is -0.461 e. The Morgan fingerprint density at radius 3 is 2.52 bits per heavy atom. The van der Waals surface area contributed by atoms with Gasteiger partial charge in [0.05, 0.1) is 0 Å². The van der Waals surface area contributed by atoms with E-state index in [0.29, 0.717) is 10.8 Å². The van der Waals surface area contributed by atoms with Crippen LogP contribution in [-0.2, 0) is 9.53 Å². The van der Waals surface area contributed by atoms with E-state index >= 15 is 0 Å². The van der Waals surface area contributed by atoms with Crippen LogP contribution in [-0.4, -0.2) is 16.9 Å². The van der Waals surface area contributed by atoms with E-state index in [9.17, 15) is 4.79 Å². The van der Waals surface area contributed by atoms with Crippen molar-refractivity contribution in [3.63, 3.8) is 0 Å². The van der Waals surface area contributed by atoms with E-state index in [4.69, 9.17) is 4.74 Å². The molecule has 0 bridgehead atoms. The zero-order valence-corrected chi connectivity index (χ0v) is 23.8. The SMILES string of the molecule is CC(C)CCC[C@@H](C)[C@H]1CC[C@H]2[C@H]3CC=C4C[C@@H](OC(=O)[C@@H](C)Br)CC[C@]4(C)[C@H]3CC[C@]12C. The molecule has 0 heterocycles. The first-order valence-corrected chi connectivity index (χ1v) is 15.0. The van der Waals surface area contributed by atoms with Crippen LogP contribution in [0.3, 0.4) is 0 Å². The van der Waals surface area contributed by atoms with Crippen LogP contribution in [0.5, 0.6) is 0 Å². The number of esters is 1. The Morgan fingerprint density at radius 2 is 1.82 bits per heavy atom. The highest BCUT2D eigenvalue weighted by Crippen LogP contribution is 2.67. The van der Waals surface area contributed by atoms with Crippen molar-refractivity contribution in [3.05, 3.63) is 11.6 Å². The fourth-order valence-electron chi connectivity index (χ4n) is 9.01. The molecular formula is C30H49BrO2. The number of halogens is 1. The van der Waals surface area contributed by atoms with Crippen LogP contribution in [0.15, 0.2) is 11.6 Å². The van der Waals surface area contributed by atoms with Crippen LogP contribution in [0.1, 0.15) is 112 Å². The van der Waals surface area contributed by atoms with E-state index in [1.807, 2.05) is 6.92 Å². The van der Waals surface area contributed by atoms with Crippen LogP contribution < -0.4 is 0 Å². The summed E-state index contributed by atoms with van der Waals surface area (Å²) < 4.78 is 5.83. The maximum absolute atomic E-state index is 12.1. The predicted molar refractivity (Wildman–Crippen MR) is 141 cm³/mol. The smallest absolute Gasteiger partial charge is 0.319 e. The van der Waals surface area contributed by atoms with E-state index < -0.39 is 0 Å². The molecule has 0 aromatic rings. The second-order valence-corrected chi connectivity index (χ2v) is 14.6. The van der Waals surface area contributed by atoms with Gasteiger partial charge in [0.15, 0.2) is 0 Å². The lowest BCUT2D eigenvalue weighted by Gasteiger charge is -2.58. The molecule has 0 unspecified atom stereocenters. The quantitative estimate of drug-likeness (QED) is 0.190. The Bertz CT molecular complexity index is 742. The average Bonchev–Trinajstić information content (AvgIpc) is 3.11. The van der Waals surface area contributed by atoms with Gasteiger partial charge in [0.2, 0.25) is 0 Å².